The minimum atomic E-state index is -0.0235. The van der Waals surface area contributed by atoms with E-state index in [1.807, 2.05) is 55.5 Å². The van der Waals surface area contributed by atoms with Crippen LogP contribution in [0.4, 0.5) is 0 Å². The Morgan fingerprint density at radius 2 is 1.91 bits per heavy atom. The van der Waals surface area contributed by atoms with Gasteiger partial charge in [0, 0.05) is 18.5 Å². The zero-order valence-corrected chi connectivity index (χ0v) is 12.6. The van der Waals surface area contributed by atoms with Gasteiger partial charge in [-0.25, -0.2) is 4.98 Å². The maximum Gasteiger partial charge on any atom is 0.251 e. The number of aromatic amines is 1. The van der Waals surface area contributed by atoms with E-state index in [0.717, 1.165) is 35.3 Å². The molecule has 0 radical (unpaired) electrons. The van der Waals surface area contributed by atoms with Gasteiger partial charge in [0.05, 0.1) is 11.0 Å². The Hall–Kier alpha value is -2.62. The Bertz CT molecular complexity index is 741. The van der Waals surface area contributed by atoms with E-state index in [9.17, 15) is 4.79 Å². The first-order chi connectivity index (χ1) is 10.7. The highest BCUT2D eigenvalue weighted by molar-refractivity contribution is 5.94. The number of nitrogens with zero attached hydrogens (tertiary/aromatic N) is 1. The average molecular weight is 293 g/mol. The van der Waals surface area contributed by atoms with E-state index in [-0.39, 0.29) is 5.91 Å². The molecule has 0 aliphatic carbocycles. The smallest absolute Gasteiger partial charge is 0.251 e. The number of amides is 1. The van der Waals surface area contributed by atoms with Crippen LogP contribution in [0.15, 0.2) is 48.5 Å². The Morgan fingerprint density at radius 1 is 1.14 bits per heavy atom. The van der Waals surface area contributed by atoms with E-state index in [4.69, 9.17) is 0 Å². The van der Waals surface area contributed by atoms with Crippen LogP contribution in [0, 0.1) is 6.92 Å². The molecule has 0 aliphatic heterocycles. The minimum absolute atomic E-state index is 0.0235. The lowest BCUT2D eigenvalue weighted by molar-refractivity contribution is 0.0953. The molecule has 22 heavy (non-hydrogen) atoms. The summed E-state index contributed by atoms with van der Waals surface area (Å²) in [6, 6.07) is 15.6. The van der Waals surface area contributed by atoms with Crippen molar-refractivity contribution >= 4 is 16.9 Å². The number of imidazole rings is 1. The Labute approximate surface area is 129 Å². The van der Waals surface area contributed by atoms with Crippen LogP contribution in [-0.2, 0) is 6.42 Å². The summed E-state index contributed by atoms with van der Waals surface area (Å²) in [7, 11) is 0. The molecule has 0 unspecified atom stereocenters. The molecule has 2 N–H and O–H groups in total. The van der Waals surface area contributed by atoms with Crippen LogP contribution in [0.3, 0.4) is 0 Å². The zero-order valence-electron chi connectivity index (χ0n) is 12.6. The van der Waals surface area contributed by atoms with Crippen LogP contribution in [0.2, 0.25) is 0 Å². The molecular weight excluding hydrogens is 274 g/mol. The van der Waals surface area contributed by atoms with Gasteiger partial charge in [0.2, 0.25) is 0 Å². The lowest BCUT2D eigenvalue weighted by atomic mass is 10.1. The van der Waals surface area contributed by atoms with E-state index < -0.39 is 0 Å². The molecular formula is C18H19N3O. The van der Waals surface area contributed by atoms with Crippen LogP contribution in [0.1, 0.15) is 28.2 Å². The molecule has 1 aromatic heterocycles. The standard InChI is InChI=1S/C18H19N3O/c1-13-8-10-14(11-9-13)18(22)19-12-4-7-17-20-15-5-2-3-6-16(15)21-17/h2-3,5-6,8-11H,4,7,12H2,1H3,(H,19,22)(H,20,21). The van der Waals surface area contributed by atoms with E-state index >= 15 is 0 Å². The minimum Gasteiger partial charge on any atom is -0.352 e. The number of H-pyrrole nitrogens is 1. The molecule has 1 heterocycles. The number of benzene rings is 2. The van der Waals surface area contributed by atoms with Gasteiger partial charge in [-0.05, 0) is 37.6 Å². The summed E-state index contributed by atoms with van der Waals surface area (Å²) >= 11 is 0. The third kappa shape index (κ3) is 3.34. The molecule has 3 aromatic rings. The maximum atomic E-state index is 12.0. The molecule has 0 atom stereocenters. The van der Waals surface area contributed by atoms with Crippen LogP contribution < -0.4 is 5.32 Å². The van der Waals surface area contributed by atoms with Crippen molar-refractivity contribution in [2.75, 3.05) is 6.54 Å². The third-order valence-corrected chi connectivity index (χ3v) is 3.63. The number of rotatable bonds is 5. The number of nitrogens with one attached hydrogen (secondary N) is 2. The third-order valence-electron chi connectivity index (χ3n) is 3.63. The predicted molar refractivity (Wildman–Crippen MR) is 87.9 cm³/mol. The van der Waals surface area contributed by atoms with Crippen molar-refractivity contribution in [3.63, 3.8) is 0 Å². The van der Waals surface area contributed by atoms with Gasteiger partial charge in [-0.2, -0.15) is 0 Å². The summed E-state index contributed by atoms with van der Waals surface area (Å²) in [4.78, 5) is 19.8. The summed E-state index contributed by atoms with van der Waals surface area (Å²) < 4.78 is 0. The van der Waals surface area contributed by atoms with Crippen molar-refractivity contribution in [2.45, 2.75) is 19.8 Å². The molecule has 4 nitrogen and oxygen atoms in total. The van der Waals surface area contributed by atoms with Gasteiger partial charge in [0.25, 0.3) is 5.91 Å². The van der Waals surface area contributed by atoms with E-state index in [1.165, 1.54) is 0 Å². The molecule has 0 aliphatic rings. The van der Waals surface area contributed by atoms with E-state index in [2.05, 4.69) is 15.3 Å². The summed E-state index contributed by atoms with van der Waals surface area (Å²) in [5.74, 6) is 0.940. The second-order valence-electron chi connectivity index (χ2n) is 5.43. The number of aryl methyl sites for hydroxylation is 2. The van der Waals surface area contributed by atoms with Gasteiger partial charge < -0.3 is 10.3 Å². The summed E-state index contributed by atoms with van der Waals surface area (Å²) in [6.45, 7) is 2.65. The van der Waals surface area contributed by atoms with Crippen molar-refractivity contribution in [2.24, 2.45) is 0 Å². The highest BCUT2D eigenvalue weighted by atomic mass is 16.1. The van der Waals surface area contributed by atoms with Crippen molar-refractivity contribution in [3.05, 3.63) is 65.5 Å². The van der Waals surface area contributed by atoms with Gasteiger partial charge in [-0.1, -0.05) is 29.8 Å². The number of aromatic nitrogens is 2. The average Bonchev–Trinajstić information content (AvgIpc) is 2.95. The normalized spacial score (nSPS) is 10.8. The molecule has 3 rings (SSSR count). The number of hydrogen-bond acceptors (Lipinski definition) is 2. The van der Waals surface area contributed by atoms with E-state index in [1.54, 1.807) is 0 Å². The van der Waals surface area contributed by atoms with Crippen molar-refractivity contribution < 1.29 is 4.79 Å². The first-order valence-electron chi connectivity index (χ1n) is 7.51. The van der Waals surface area contributed by atoms with E-state index in [0.29, 0.717) is 12.1 Å². The largest absolute Gasteiger partial charge is 0.352 e. The molecule has 0 fully saturated rings. The van der Waals surface area contributed by atoms with Crippen molar-refractivity contribution in [1.29, 1.82) is 0 Å². The van der Waals surface area contributed by atoms with Gasteiger partial charge >= 0.3 is 0 Å². The first kappa shape index (κ1) is 14.3. The molecule has 0 spiro atoms. The first-order valence-corrected chi connectivity index (χ1v) is 7.51. The fraction of sp³-hybridized carbons (Fsp3) is 0.222. The summed E-state index contributed by atoms with van der Waals surface area (Å²) in [6.07, 6.45) is 1.68. The molecule has 112 valence electrons. The Balaban J connectivity index is 1.49. The Kier molecular flexibility index (Phi) is 4.19. The fourth-order valence-electron chi connectivity index (χ4n) is 2.39. The summed E-state index contributed by atoms with van der Waals surface area (Å²) in [5, 5.41) is 2.94. The highest BCUT2D eigenvalue weighted by Crippen LogP contribution is 2.11. The monoisotopic (exact) mass is 293 g/mol. The highest BCUT2D eigenvalue weighted by Gasteiger charge is 2.05. The second-order valence-corrected chi connectivity index (χ2v) is 5.43. The quantitative estimate of drug-likeness (QED) is 0.710. The predicted octanol–water partition coefficient (Wildman–Crippen LogP) is 3.23. The number of fused-ring (bicyclic) bond motifs is 1. The van der Waals surface area contributed by atoms with Crippen LogP contribution in [0.25, 0.3) is 11.0 Å². The SMILES string of the molecule is Cc1ccc(C(=O)NCCCc2nc3ccccc3[nH]2)cc1. The van der Waals surface area contributed by atoms with Gasteiger partial charge in [-0.15, -0.1) is 0 Å². The molecule has 1 amide bonds. The molecule has 0 saturated heterocycles. The van der Waals surface area contributed by atoms with Gasteiger partial charge in [0.15, 0.2) is 0 Å². The van der Waals surface area contributed by atoms with Crippen molar-refractivity contribution in [3.8, 4) is 0 Å². The van der Waals surface area contributed by atoms with Crippen LogP contribution in [-0.4, -0.2) is 22.4 Å². The topological polar surface area (TPSA) is 57.8 Å². The molecule has 0 bridgehead atoms. The van der Waals surface area contributed by atoms with Crippen LogP contribution >= 0.6 is 0 Å². The molecule has 4 heteroatoms. The number of carbonyl (C=O) groups is 1. The van der Waals surface area contributed by atoms with Crippen molar-refractivity contribution in [1.82, 2.24) is 15.3 Å². The maximum absolute atomic E-state index is 12.0. The molecule has 0 saturated carbocycles. The Morgan fingerprint density at radius 3 is 2.68 bits per heavy atom. The molecule has 2 aromatic carbocycles. The number of para-hydroxylation sites is 2. The number of hydrogen-bond donors (Lipinski definition) is 2. The van der Waals surface area contributed by atoms with Gasteiger partial charge in [0.1, 0.15) is 5.82 Å². The summed E-state index contributed by atoms with van der Waals surface area (Å²) in [5.41, 5.74) is 3.90. The second kappa shape index (κ2) is 6.43. The fourth-order valence-corrected chi connectivity index (χ4v) is 2.39. The zero-order chi connectivity index (χ0) is 15.4. The lowest BCUT2D eigenvalue weighted by Gasteiger charge is -2.04. The lowest BCUT2D eigenvalue weighted by Crippen LogP contribution is -2.24. The van der Waals surface area contributed by atoms with Gasteiger partial charge in [-0.3, -0.25) is 4.79 Å². The van der Waals surface area contributed by atoms with Crippen LogP contribution in [0.5, 0.6) is 0 Å². The number of carbonyl (C=O) groups excluding carboxylic acids is 1.